The summed E-state index contributed by atoms with van der Waals surface area (Å²) in [5.41, 5.74) is 2.41. The lowest BCUT2D eigenvalue weighted by Gasteiger charge is -2.13. The lowest BCUT2D eigenvalue weighted by molar-refractivity contribution is -0.140. The normalized spacial score (nSPS) is 12.2. The average Bonchev–Trinajstić information content (AvgIpc) is 3.40. The first-order valence-corrected chi connectivity index (χ1v) is 15.1. The Balaban J connectivity index is 1.13. The molecule has 2 amide bonds. The van der Waals surface area contributed by atoms with Crippen molar-refractivity contribution in [2.45, 2.75) is 32.1 Å². The number of rotatable bonds is 18. The van der Waals surface area contributed by atoms with Crippen LogP contribution in [-0.4, -0.2) is 66.7 Å². The van der Waals surface area contributed by atoms with E-state index in [4.69, 9.17) is 24.1 Å². The Morgan fingerprint density at radius 2 is 1.15 bits per heavy atom. The summed E-state index contributed by atoms with van der Waals surface area (Å²) in [7, 11) is 0. The van der Waals surface area contributed by atoms with Gasteiger partial charge in [-0.2, -0.15) is 0 Å². The van der Waals surface area contributed by atoms with Gasteiger partial charge >= 0.3 is 11.9 Å². The molecule has 0 bridgehead atoms. The van der Waals surface area contributed by atoms with Gasteiger partial charge in [-0.3, -0.25) is 14.5 Å². The van der Waals surface area contributed by atoms with E-state index in [1.54, 1.807) is 36.4 Å². The van der Waals surface area contributed by atoms with Gasteiger partial charge in [0.2, 0.25) is 0 Å². The number of hydrogen-bond donors (Lipinski definition) is 1. The van der Waals surface area contributed by atoms with E-state index in [0.717, 1.165) is 42.6 Å². The molecule has 0 radical (unpaired) electrons. The number of aliphatic hydroxyl groups is 1. The second-order valence-electron chi connectivity index (χ2n) is 10.5. The zero-order valence-corrected chi connectivity index (χ0v) is 25.5. The predicted octanol–water partition coefficient (Wildman–Crippen LogP) is 5.30. The van der Waals surface area contributed by atoms with Crippen LogP contribution in [0.2, 0.25) is 0 Å². The summed E-state index contributed by atoms with van der Waals surface area (Å²) in [6.07, 6.45) is 6.48. The van der Waals surface area contributed by atoms with Crippen LogP contribution < -0.4 is 14.2 Å². The minimum absolute atomic E-state index is 0.0602. The number of benzene rings is 3. The van der Waals surface area contributed by atoms with E-state index >= 15 is 0 Å². The van der Waals surface area contributed by atoms with Gasteiger partial charge in [-0.25, -0.2) is 9.59 Å². The van der Waals surface area contributed by atoms with Gasteiger partial charge in [0.15, 0.2) is 0 Å². The van der Waals surface area contributed by atoms with Gasteiger partial charge in [0.25, 0.3) is 11.8 Å². The fourth-order valence-corrected chi connectivity index (χ4v) is 4.46. The Bertz CT molecular complexity index is 1510. The molecule has 46 heavy (non-hydrogen) atoms. The molecule has 3 aromatic carbocycles. The Morgan fingerprint density at radius 3 is 1.74 bits per heavy atom. The topological polar surface area (TPSA) is 129 Å². The highest BCUT2D eigenvalue weighted by atomic mass is 16.5. The molecule has 0 unspecified atom stereocenters. The highest BCUT2D eigenvalue weighted by Gasteiger charge is 2.22. The number of imide groups is 1. The van der Waals surface area contributed by atoms with Gasteiger partial charge in [0.1, 0.15) is 17.2 Å². The Hall–Kier alpha value is -5.22. The SMILES string of the molecule is C=C(CO)C(=O)OCCCCCCOc1ccc(-c2ccc(C(=O)Oc3ccc(OCCCN4C(=O)C=CC4=O)cc3)cc2)cc1. The highest BCUT2D eigenvalue weighted by molar-refractivity contribution is 6.12. The number of amides is 2. The second-order valence-corrected chi connectivity index (χ2v) is 10.5. The summed E-state index contributed by atoms with van der Waals surface area (Å²) in [5.74, 6) is 0.0686. The molecule has 0 atom stereocenters. The highest BCUT2D eigenvalue weighted by Crippen LogP contribution is 2.24. The molecule has 0 aliphatic carbocycles. The number of aliphatic hydroxyl groups excluding tert-OH is 1. The minimum Gasteiger partial charge on any atom is -0.494 e. The molecule has 0 aromatic heterocycles. The molecule has 240 valence electrons. The fourth-order valence-electron chi connectivity index (χ4n) is 4.46. The van der Waals surface area contributed by atoms with Crippen molar-refractivity contribution >= 4 is 23.8 Å². The van der Waals surface area contributed by atoms with Crippen molar-refractivity contribution in [3.63, 3.8) is 0 Å². The monoisotopic (exact) mass is 627 g/mol. The van der Waals surface area contributed by atoms with Gasteiger partial charge in [-0.05, 0) is 91.8 Å². The molecule has 3 aromatic rings. The van der Waals surface area contributed by atoms with Crippen LogP contribution in [0.5, 0.6) is 17.2 Å². The van der Waals surface area contributed by atoms with Crippen molar-refractivity contribution in [3.05, 3.63) is 103 Å². The Kier molecular flexibility index (Phi) is 12.7. The second kappa shape index (κ2) is 17.3. The van der Waals surface area contributed by atoms with Gasteiger partial charge in [-0.15, -0.1) is 0 Å². The summed E-state index contributed by atoms with van der Waals surface area (Å²) in [4.78, 5) is 48.4. The molecule has 0 saturated heterocycles. The molecule has 1 N–H and O–H groups in total. The number of carbonyl (C=O) groups is 4. The van der Waals surface area contributed by atoms with E-state index in [1.165, 1.54) is 17.1 Å². The maximum absolute atomic E-state index is 12.7. The van der Waals surface area contributed by atoms with Crippen LogP contribution in [0.15, 0.2) is 97.1 Å². The number of unbranched alkanes of at least 4 members (excludes halogenated alkanes) is 3. The van der Waals surface area contributed by atoms with Gasteiger partial charge in [0, 0.05) is 18.7 Å². The summed E-state index contributed by atoms with van der Waals surface area (Å²) < 4.78 is 22.0. The van der Waals surface area contributed by atoms with Crippen molar-refractivity contribution in [2.24, 2.45) is 0 Å². The largest absolute Gasteiger partial charge is 0.494 e. The Labute approximate surface area is 267 Å². The Morgan fingerprint density at radius 1 is 0.652 bits per heavy atom. The van der Waals surface area contributed by atoms with E-state index < -0.39 is 18.5 Å². The van der Waals surface area contributed by atoms with E-state index in [-0.39, 0.29) is 23.9 Å². The third-order valence-corrected chi connectivity index (χ3v) is 7.06. The van der Waals surface area contributed by atoms with Crippen LogP contribution in [0.1, 0.15) is 42.5 Å². The zero-order chi connectivity index (χ0) is 32.7. The van der Waals surface area contributed by atoms with Gasteiger partial charge < -0.3 is 24.1 Å². The van der Waals surface area contributed by atoms with Crippen LogP contribution in [-0.2, 0) is 19.1 Å². The maximum Gasteiger partial charge on any atom is 0.343 e. The van der Waals surface area contributed by atoms with Gasteiger partial charge in [-0.1, -0.05) is 30.8 Å². The van der Waals surface area contributed by atoms with Crippen LogP contribution in [0.4, 0.5) is 0 Å². The van der Waals surface area contributed by atoms with Crippen LogP contribution in [0, 0.1) is 0 Å². The molecule has 4 rings (SSSR count). The van der Waals surface area contributed by atoms with Crippen LogP contribution >= 0.6 is 0 Å². The zero-order valence-electron chi connectivity index (χ0n) is 25.5. The molecule has 1 aliphatic heterocycles. The predicted molar refractivity (Wildman–Crippen MR) is 170 cm³/mol. The number of hydrogen-bond acceptors (Lipinski definition) is 9. The molecule has 0 spiro atoms. The van der Waals surface area contributed by atoms with Crippen LogP contribution in [0.25, 0.3) is 11.1 Å². The fraction of sp³-hybridized carbons (Fsp3) is 0.278. The van der Waals surface area contributed by atoms with E-state index in [0.29, 0.717) is 43.3 Å². The van der Waals surface area contributed by atoms with E-state index in [1.807, 2.05) is 36.4 Å². The van der Waals surface area contributed by atoms with Gasteiger partial charge in [0.05, 0.1) is 37.6 Å². The van der Waals surface area contributed by atoms with Crippen molar-refractivity contribution in [1.29, 1.82) is 0 Å². The van der Waals surface area contributed by atoms with Crippen molar-refractivity contribution in [3.8, 4) is 28.4 Å². The van der Waals surface area contributed by atoms with E-state index in [9.17, 15) is 19.2 Å². The smallest absolute Gasteiger partial charge is 0.343 e. The quantitative estimate of drug-likeness (QED) is 0.0657. The maximum atomic E-state index is 12.7. The molecule has 10 nitrogen and oxygen atoms in total. The van der Waals surface area contributed by atoms with Crippen molar-refractivity contribution < 1.29 is 43.2 Å². The standard InChI is InChI=1S/C36H37NO9/c1-26(25-38)35(41)45-23-5-3-2-4-22-43-30-13-11-28(12-14-30)27-7-9-29(10-8-27)36(42)46-32-17-15-31(16-18-32)44-24-6-21-37-33(39)19-20-34(37)40/h7-20,38H,1-6,21-25H2. The van der Waals surface area contributed by atoms with Crippen LogP contribution in [0.3, 0.4) is 0 Å². The molecule has 10 heteroatoms. The molecule has 1 aliphatic rings. The summed E-state index contributed by atoms with van der Waals surface area (Å²) in [6.45, 7) is 4.54. The number of ether oxygens (including phenoxy) is 4. The first kappa shape index (κ1) is 33.7. The van der Waals surface area contributed by atoms with Crippen molar-refractivity contribution in [2.75, 3.05) is 33.0 Å². The average molecular weight is 628 g/mol. The third kappa shape index (κ3) is 10.2. The molecular weight excluding hydrogens is 590 g/mol. The summed E-state index contributed by atoms with van der Waals surface area (Å²) in [6, 6.07) is 21.6. The molecule has 1 heterocycles. The molecular formula is C36H37NO9. The summed E-state index contributed by atoms with van der Waals surface area (Å²) >= 11 is 0. The first-order chi connectivity index (χ1) is 22.3. The summed E-state index contributed by atoms with van der Waals surface area (Å²) in [5, 5.41) is 8.85. The van der Waals surface area contributed by atoms with E-state index in [2.05, 4.69) is 6.58 Å². The molecule has 0 saturated carbocycles. The first-order valence-electron chi connectivity index (χ1n) is 15.1. The lowest BCUT2D eigenvalue weighted by atomic mass is 10.0. The number of esters is 2. The van der Waals surface area contributed by atoms with Crippen molar-refractivity contribution in [1.82, 2.24) is 4.90 Å². The minimum atomic E-state index is -0.556. The lowest BCUT2D eigenvalue weighted by Crippen LogP contribution is -2.31. The number of carbonyl (C=O) groups excluding carboxylic acids is 4. The molecule has 0 fully saturated rings. The third-order valence-electron chi connectivity index (χ3n) is 7.06. The number of nitrogens with zero attached hydrogens (tertiary/aromatic N) is 1.